The molecule has 0 atom stereocenters. The van der Waals surface area contributed by atoms with E-state index in [2.05, 4.69) is 19.9 Å². The van der Waals surface area contributed by atoms with Crippen molar-refractivity contribution in [2.45, 2.75) is 25.7 Å². The first-order chi connectivity index (χ1) is 9.86. The summed E-state index contributed by atoms with van der Waals surface area (Å²) in [7, 11) is -3.83. The van der Waals surface area contributed by atoms with Crippen molar-refractivity contribution in [1.82, 2.24) is 15.2 Å². The van der Waals surface area contributed by atoms with Crippen LogP contribution in [0.5, 0.6) is 0 Å². The number of ether oxygens (including phenoxy) is 1. The normalized spacial score (nSPS) is 11.4. The summed E-state index contributed by atoms with van der Waals surface area (Å²) < 4.78 is 32.1. The van der Waals surface area contributed by atoms with Gasteiger partial charge in [-0.3, -0.25) is 9.82 Å². The molecule has 2 aromatic heterocycles. The van der Waals surface area contributed by atoms with Crippen molar-refractivity contribution in [3.8, 4) is 0 Å². The number of sulfonamides is 1. The van der Waals surface area contributed by atoms with Gasteiger partial charge in [0.15, 0.2) is 0 Å². The van der Waals surface area contributed by atoms with Crippen molar-refractivity contribution in [2.75, 3.05) is 11.3 Å². The number of carbonyl (C=O) groups is 1. The van der Waals surface area contributed by atoms with E-state index in [1.807, 2.05) is 0 Å². The molecule has 0 fully saturated rings. The largest absolute Gasteiger partial charge is 0.461 e. The molecule has 21 heavy (non-hydrogen) atoms. The van der Waals surface area contributed by atoms with E-state index in [4.69, 9.17) is 4.74 Å². The number of aromatic amines is 2. The molecule has 0 saturated heterocycles. The Labute approximate surface area is 122 Å². The van der Waals surface area contributed by atoms with Crippen LogP contribution in [0, 0.1) is 13.8 Å². The van der Waals surface area contributed by atoms with Gasteiger partial charge in [-0.05, 0) is 20.8 Å². The molecule has 8 nitrogen and oxygen atoms in total. The molecule has 0 aromatic carbocycles. The molecule has 0 aliphatic carbocycles. The fraction of sp³-hybridized carbons (Fsp3) is 0.333. The maximum atomic E-state index is 12.4. The van der Waals surface area contributed by atoms with E-state index >= 15 is 0 Å². The number of nitrogens with one attached hydrogen (secondary N) is 3. The van der Waals surface area contributed by atoms with Crippen LogP contribution in [-0.2, 0) is 14.8 Å². The summed E-state index contributed by atoms with van der Waals surface area (Å²) >= 11 is 0. The molecule has 0 saturated carbocycles. The van der Waals surface area contributed by atoms with Gasteiger partial charge in [0.25, 0.3) is 10.0 Å². The Morgan fingerprint density at radius 2 is 2.14 bits per heavy atom. The zero-order valence-corrected chi connectivity index (χ0v) is 12.7. The molecule has 0 bridgehead atoms. The minimum absolute atomic E-state index is 0.0279. The van der Waals surface area contributed by atoms with Gasteiger partial charge in [0.1, 0.15) is 16.4 Å². The number of aryl methyl sites for hydroxylation is 1. The summed E-state index contributed by atoms with van der Waals surface area (Å²) in [5.41, 5.74) is 0.819. The van der Waals surface area contributed by atoms with Crippen LogP contribution in [0.2, 0.25) is 0 Å². The first kappa shape index (κ1) is 15.1. The number of nitrogens with zero attached hydrogens (tertiary/aromatic N) is 1. The molecule has 2 aromatic rings. The predicted octanol–water partition coefficient (Wildman–Crippen LogP) is 1.33. The maximum absolute atomic E-state index is 12.4. The second kappa shape index (κ2) is 5.60. The zero-order chi connectivity index (χ0) is 15.6. The monoisotopic (exact) mass is 312 g/mol. The van der Waals surface area contributed by atoms with Crippen molar-refractivity contribution >= 4 is 21.8 Å². The molecular weight excluding hydrogens is 296 g/mol. The zero-order valence-electron chi connectivity index (χ0n) is 11.9. The topological polar surface area (TPSA) is 117 Å². The molecule has 2 heterocycles. The Morgan fingerprint density at radius 3 is 2.71 bits per heavy atom. The van der Waals surface area contributed by atoms with Gasteiger partial charge in [-0.2, -0.15) is 5.10 Å². The highest BCUT2D eigenvalue weighted by Crippen LogP contribution is 2.25. The van der Waals surface area contributed by atoms with Crippen LogP contribution in [0.15, 0.2) is 17.2 Å². The fourth-order valence-corrected chi connectivity index (χ4v) is 3.52. The summed E-state index contributed by atoms with van der Waals surface area (Å²) in [4.78, 5) is 14.6. The minimum atomic E-state index is -3.83. The van der Waals surface area contributed by atoms with E-state index in [0.29, 0.717) is 11.3 Å². The smallest absolute Gasteiger partial charge is 0.355 e. The molecule has 0 unspecified atom stereocenters. The molecule has 0 radical (unpaired) electrons. The second-order valence-electron chi connectivity index (χ2n) is 4.38. The predicted molar refractivity (Wildman–Crippen MR) is 75.6 cm³/mol. The summed E-state index contributed by atoms with van der Waals surface area (Å²) in [5.74, 6) is -0.339. The van der Waals surface area contributed by atoms with Gasteiger partial charge < -0.3 is 9.72 Å². The molecule has 2 rings (SSSR count). The van der Waals surface area contributed by atoms with Crippen molar-refractivity contribution in [3.63, 3.8) is 0 Å². The third-order valence-electron chi connectivity index (χ3n) is 2.86. The van der Waals surface area contributed by atoms with E-state index in [-0.39, 0.29) is 23.0 Å². The van der Waals surface area contributed by atoms with Crippen LogP contribution in [0.3, 0.4) is 0 Å². The van der Waals surface area contributed by atoms with Crippen LogP contribution in [0.1, 0.15) is 28.7 Å². The summed E-state index contributed by atoms with van der Waals surface area (Å²) in [6, 6.07) is 1.49. The Hall–Kier alpha value is -2.29. The molecule has 3 N–H and O–H groups in total. The first-order valence-electron chi connectivity index (χ1n) is 6.25. The van der Waals surface area contributed by atoms with Crippen LogP contribution in [-0.4, -0.2) is 36.2 Å². The number of carbonyl (C=O) groups excluding carboxylic acids is 1. The Bertz CT molecular complexity index is 747. The van der Waals surface area contributed by atoms with Crippen molar-refractivity contribution in [2.24, 2.45) is 0 Å². The number of H-pyrrole nitrogens is 2. The standard InChI is InChI=1S/C12H16N4O4S/c1-4-20-12(17)10-7(2)11(8(3)14-10)21(18,19)16-9-5-6-13-15-9/h5-6,14H,4H2,1-3H3,(H2,13,15,16). The summed E-state index contributed by atoms with van der Waals surface area (Å²) in [6.45, 7) is 5.03. The Kier molecular flexibility index (Phi) is 4.03. The average molecular weight is 312 g/mol. The van der Waals surface area contributed by atoms with E-state index in [9.17, 15) is 13.2 Å². The minimum Gasteiger partial charge on any atom is -0.461 e. The first-order valence-corrected chi connectivity index (χ1v) is 7.73. The number of anilines is 1. The lowest BCUT2D eigenvalue weighted by Crippen LogP contribution is -2.15. The van der Waals surface area contributed by atoms with E-state index in [0.717, 1.165) is 0 Å². The van der Waals surface area contributed by atoms with Crippen molar-refractivity contribution in [1.29, 1.82) is 0 Å². The lowest BCUT2D eigenvalue weighted by molar-refractivity contribution is 0.0519. The molecule has 0 amide bonds. The second-order valence-corrected chi connectivity index (χ2v) is 5.99. The van der Waals surface area contributed by atoms with Crippen LogP contribution >= 0.6 is 0 Å². The van der Waals surface area contributed by atoms with Crippen molar-refractivity contribution in [3.05, 3.63) is 29.2 Å². The third kappa shape index (κ3) is 2.92. The molecule has 0 aliphatic rings. The van der Waals surface area contributed by atoms with Gasteiger partial charge in [0.05, 0.1) is 12.8 Å². The number of rotatable bonds is 5. The Balaban J connectivity index is 2.42. The maximum Gasteiger partial charge on any atom is 0.355 e. The Morgan fingerprint density at radius 1 is 1.43 bits per heavy atom. The highest BCUT2D eigenvalue weighted by molar-refractivity contribution is 7.92. The lowest BCUT2D eigenvalue weighted by atomic mass is 10.2. The summed E-state index contributed by atoms with van der Waals surface area (Å²) in [5, 5.41) is 6.18. The van der Waals surface area contributed by atoms with Crippen LogP contribution < -0.4 is 4.72 Å². The summed E-state index contributed by atoms with van der Waals surface area (Å²) in [6.07, 6.45) is 1.43. The van der Waals surface area contributed by atoms with Gasteiger partial charge in [0, 0.05) is 17.3 Å². The average Bonchev–Trinajstić information content (AvgIpc) is 2.97. The molecule has 9 heteroatoms. The number of esters is 1. The fourth-order valence-electron chi connectivity index (χ4n) is 2.05. The third-order valence-corrected chi connectivity index (χ3v) is 4.50. The number of hydrogen-bond acceptors (Lipinski definition) is 5. The highest BCUT2D eigenvalue weighted by atomic mass is 32.2. The van der Waals surface area contributed by atoms with Gasteiger partial charge >= 0.3 is 5.97 Å². The van der Waals surface area contributed by atoms with Crippen molar-refractivity contribution < 1.29 is 17.9 Å². The van der Waals surface area contributed by atoms with E-state index in [1.165, 1.54) is 12.3 Å². The highest BCUT2D eigenvalue weighted by Gasteiger charge is 2.27. The van der Waals surface area contributed by atoms with Gasteiger partial charge in [-0.1, -0.05) is 0 Å². The SMILES string of the molecule is CCOC(=O)c1[nH]c(C)c(S(=O)(=O)Nc2ccn[nH]2)c1C. The lowest BCUT2D eigenvalue weighted by Gasteiger charge is -2.06. The van der Waals surface area contributed by atoms with Crippen LogP contribution in [0.4, 0.5) is 5.82 Å². The molecule has 0 spiro atoms. The molecule has 114 valence electrons. The van der Waals surface area contributed by atoms with Gasteiger partial charge in [0.2, 0.25) is 0 Å². The van der Waals surface area contributed by atoms with Crippen LogP contribution in [0.25, 0.3) is 0 Å². The number of aromatic nitrogens is 3. The molecule has 0 aliphatic heterocycles. The van der Waals surface area contributed by atoms with Gasteiger partial charge in [-0.25, -0.2) is 13.2 Å². The molecular formula is C12H16N4O4S. The van der Waals surface area contributed by atoms with E-state index < -0.39 is 16.0 Å². The quantitative estimate of drug-likeness (QED) is 0.720. The number of hydrogen-bond donors (Lipinski definition) is 3. The van der Waals surface area contributed by atoms with Gasteiger partial charge in [-0.15, -0.1) is 0 Å². The van der Waals surface area contributed by atoms with E-state index in [1.54, 1.807) is 20.8 Å².